The van der Waals surface area contributed by atoms with Crippen LogP contribution in [0.15, 0.2) is 52.9 Å². The molecule has 0 aliphatic rings. The van der Waals surface area contributed by atoms with Crippen LogP contribution in [0, 0.1) is 6.92 Å². The van der Waals surface area contributed by atoms with Gasteiger partial charge < -0.3 is 19.0 Å². The maximum atomic E-state index is 11.4. The number of nitrogens with zero attached hydrogens (tertiary/aromatic N) is 1. The van der Waals surface area contributed by atoms with Gasteiger partial charge in [0, 0.05) is 12.0 Å². The molecule has 0 amide bonds. The predicted octanol–water partition coefficient (Wildman–Crippen LogP) is 5.86. The summed E-state index contributed by atoms with van der Waals surface area (Å²) in [6, 6.07) is 15.3. The lowest BCUT2D eigenvalue weighted by Gasteiger charge is -2.22. The van der Waals surface area contributed by atoms with Gasteiger partial charge in [0.1, 0.15) is 17.3 Å². The zero-order chi connectivity index (χ0) is 23.1. The third-order valence-electron chi connectivity index (χ3n) is 5.23. The number of oxazole rings is 1. The van der Waals surface area contributed by atoms with Crippen LogP contribution in [0.25, 0.3) is 11.5 Å². The number of rotatable bonds is 11. The Morgan fingerprint density at radius 3 is 2.56 bits per heavy atom. The molecule has 1 aromatic heterocycles. The number of aliphatic carboxylic acids is 1. The Morgan fingerprint density at radius 2 is 1.88 bits per heavy atom. The van der Waals surface area contributed by atoms with E-state index in [0.717, 1.165) is 47.6 Å². The van der Waals surface area contributed by atoms with E-state index in [-0.39, 0.29) is 0 Å². The van der Waals surface area contributed by atoms with Gasteiger partial charge in [0.15, 0.2) is 5.60 Å². The monoisotopic (exact) mass is 437 g/mol. The molecule has 1 heterocycles. The van der Waals surface area contributed by atoms with Crippen LogP contribution >= 0.6 is 0 Å². The topological polar surface area (TPSA) is 81.8 Å². The average molecular weight is 438 g/mol. The summed E-state index contributed by atoms with van der Waals surface area (Å²) in [6.45, 7) is 7.58. The fraction of sp³-hybridized carbons (Fsp3) is 0.385. The number of carboxylic acid groups (broad SMARTS) is 1. The maximum Gasteiger partial charge on any atom is 0.347 e. The molecule has 3 aromatic rings. The molecule has 0 saturated heterocycles. The molecular weight excluding hydrogens is 406 g/mol. The van der Waals surface area contributed by atoms with Crippen LogP contribution in [0.2, 0.25) is 0 Å². The summed E-state index contributed by atoms with van der Waals surface area (Å²) < 4.78 is 17.6. The molecule has 170 valence electrons. The van der Waals surface area contributed by atoms with Crippen LogP contribution < -0.4 is 9.47 Å². The highest BCUT2D eigenvalue weighted by Gasteiger charge is 2.29. The second-order valence-electron chi connectivity index (χ2n) is 8.28. The van der Waals surface area contributed by atoms with Crippen LogP contribution in [-0.2, 0) is 17.6 Å². The second kappa shape index (κ2) is 10.4. The molecule has 2 aromatic carbocycles. The van der Waals surface area contributed by atoms with Gasteiger partial charge in [-0.25, -0.2) is 9.78 Å². The average Bonchev–Trinajstić information content (AvgIpc) is 3.14. The molecule has 0 aliphatic heterocycles. The molecule has 0 fully saturated rings. The van der Waals surface area contributed by atoms with Crippen molar-refractivity contribution < 1.29 is 23.8 Å². The summed E-state index contributed by atoms with van der Waals surface area (Å²) in [4.78, 5) is 16.0. The number of hydrogen-bond acceptors (Lipinski definition) is 5. The molecule has 6 nitrogen and oxygen atoms in total. The summed E-state index contributed by atoms with van der Waals surface area (Å²) in [5, 5.41) is 9.33. The number of aryl methyl sites for hydroxylation is 2. The second-order valence-corrected chi connectivity index (χ2v) is 8.28. The van der Waals surface area contributed by atoms with Gasteiger partial charge in [-0.15, -0.1) is 0 Å². The fourth-order valence-electron chi connectivity index (χ4n) is 3.28. The first-order chi connectivity index (χ1) is 15.3. The van der Waals surface area contributed by atoms with Gasteiger partial charge in [-0.3, -0.25) is 0 Å². The minimum absolute atomic E-state index is 0.460. The number of hydrogen-bond donors (Lipinski definition) is 1. The molecule has 0 unspecified atom stereocenters. The van der Waals surface area contributed by atoms with Crippen molar-refractivity contribution in [1.29, 1.82) is 0 Å². The van der Waals surface area contributed by atoms with E-state index in [0.29, 0.717) is 24.7 Å². The Labute approximate surface area is 189 Å². The van der Waals surface area contributed by atoms with Gasteiger partial charge in [-0.2, -0.15) is 0 Å². The zero-order valence-electron chi connectivity index (χ0n) is 19.2. The lowest BCUT2D eigenvalue weighted by Crippen LogP contribution is -2.37. The zero-order valence-corrected chi connectivity index (χ0v) is 19.2. The van der Waals surface area contributed by atoms with Crippen LogP contribution in [0.3, 0.4) is 0 Å². The third-order valence-corrected chi connectivity index (χ3v) is 5.23. The summed E-state index contributed by atoms with van der Waals surface area (Å²) in [7, 11) is 0. The lowest BCUT2D eigenvalue weighted by molar-refractivity contribution is -0.152. The van der Waals surface area contributed by atoms with Crippen molar-refractivity contribution in [3.63, 3.8) is 0 Å². The molecular formula is C26H31NO5. The Balaban J connectivity index is 1.69. The van der Waals surface area contributed by atoms with Gasteiger partial charge in [-0.05, 0) is 69.5 Å². The summed E-state index contributed by atoms with van der Waals surface area (Å²) in [6.07, 6.45) is 3.51. The number of carboxylic acids is 1. The van der Waals surface area contributed by atoms with E-state index < -0.39 is 11.6 Å². The van der Waals surface area contributed by atoms with Crippen molar-refractivity contribution in [3.8, 4) is 23.0 Å². The van der Waals surface area contributed by atoms with Crippen molar-refractivity contribution in [2.24, 2.45) is 0 Å². The Hall–Kier alpha value is -3.28. The standard InChI is InChI=1S/C26H31NO5/c1-5-6-10-20-17-21(32-26(3,4)25(28)29)13-14-23(20)30-16-15-22-18(2)31-24(27-22)19-11-8-7-9-12-19/h7-9,11-14,17H,5-6,10,15-16H2,1-4H3,(H,28,29). The molecule has 0 aliphatic carbocycles. The highest BCUT2D eigenvalue weighted by Crippen LogP contribution is 2.29. The molecule has 0 atom stereocenters. The van der Waals surface area contributed by atoms with E-state index >= 15 is 0 Å². The molecule has 1 N–H and O–H groups in total. The highest BCUT2D eigenvalue weighted by atomic mass is 16.5. The molecule has 3 rings (SSSR count). The number of unbranched alkanes of at least 4 members (excludes halogenated alkanes) is 1. The van der Waals surface area contributed by atoms with E-state index in [1.54, 1.807) is 6.07 Å². The molecule has 32 heavy (non-hydrogen) atoms. The van der Waals surface area contributed by atoms with Crippen LogP contribution in [0.5, 0.6) is 11.5 Å². The molecule has 6 heteroatoms. The van der Waals surface area contributed by atoms with Gasteiger partial charge in [0.05, 0.1) is 12.3 Å². The molecule has 0 saturated carbocycles. The molecule has 0 bridgehead atoms. The third kappa shape index (κ3) is 5.90. The Kier molecular flexibility index (Phi) is 7.57. The highest BCUT2D eigenvalue weighted by molar-refractivity contribution is 5.76. The smallest absolute Gasteiger partial charge is 0.347 e. The van der Waals surface area contributed by atoms with E-state index in [4.69, 9.17) is 13.9 Å². The SMILES string of the molecule is CCCCc1cc(OC(C)(C)C(=O)O)ccc1OCCc1nc(-c2ccccc2)oc1C. The maximum absolute atomic E-state index is 11.4. The number of aromatic nitrogens is 1. The van der Waals surface area contributed by atoms with Crippen LogP contribution in [0.4, 0.5) is 0 Å². The van der Waals surface area contributed by atoms with Gasteiger partial charge in [-0.1, -0.05) is 31.5 Å². The lowest BCUT2D eigenvalue weighted by atomic mass is 10.1. The van der Waals surface area contributed by atoms with Crippen molar-refractivity contribution in [1.82, 2.24) is 4.98 Å². The van der Waals surface area contributed by atoms with Crippen molar-refractivity contribution in [2.45, 2.75) is 59.0 Å². The summed E-state index contributed by atoms with van der Waals surface area (Å²) >= 11 is 0. The summed E-state index contributed by atoms with van der Waals surface area (Å²) in [5.41, 5.74) is 1.53. The van der Waals surface area contributed by atoms with E-state index in [9.17, 15) is 9.90 Å². The number of benzene rings is 2. The van der Waals surface area contributed by atoms with E-state index in [1.807, 2.05) is 49.4 Å². The van der Waals surface area contributed by atoms with E-state index in [2.05, 4.69) is 11.9 Å². The van der Waals surface area contributed by atoms with Gasteiger partial charge in [0.2, 0.25) is 5.89 Å². The van der Waals surface area contributed by atoms with Crippen molar-refractivity contribution in [3.05, 3.63) is 65.5 Å². The fourth-order valence-corrected chi connectivity index (χ4v) is 3.28. The van der Waals surface area contributed by atoms with Crippen LogP contribution in [-0.4, -0.2) is 28.3 Å². The summed E-state index contributed by atoms with van der Waals surface area (Å²) in [5.74, 6) is 1.70. The quantitative estimate of drug-likeness (QED) is 0.405. The first-order valence-corrected chi connectivity index (χ1v) is 11.0. The number of carbonyl (C=O) groups is 1. The number of ether oxygens (including phenoxy) is 2. The normalized spacial score (nSPS) is 11.4. The minimum Gasteiger partial charge on any atom is -0.493 e. The van der Waals surface area contributed by atoms with Crippen molar-refractivity contribution in [2.75, 3.05) is 6.61 Å². The van der Waals surface area contributed by atoms with Crippen LogP contribution in [0.1, 0.15) is 50.6 Å². The van der Waals surface area contributed by atoms with Crippen molar-refractivity contribution >= 4 is 5.97 Å². The first-order valence-electron chi connectivity index (χ1n) is 11.0. The van der Waals surface area contributed by atoms with E-state index in [1.165, 1.54) is 13.8 Å². The largest absolute Gasteiger partial charge is 0.493 e. The van der Waals surface area contributed by atoms with Gasteiger partial charge in [0.25, 0.3) is 0 Å². The van der Waals surface area contributed by atoms with Gasteiger partial charge >= 0.3 is 5.97 Å². The first kappa shape index (κ1) is 23.4. The minimum atomic E-state index is -1.30. The Morgan fingerprint density at radius 1 is 1.12 bits per heavy atom. The molecule has 0 spiro atoms. The predicted molar refractivity (Wildman–Crippen MR) is 123 cm³/mol. The Bertz CT molecular complexity index is 1040. The molecule has 0 radical (unpaired) electrons.